The van der Waals surface area contributed by atoms with Crippen LogP contribution in [-0.2, 0) is 16.0 Å². The summed E-state index contributed by atoms with van der Waals surface area (Å²) < 4.78 is 5.32. The SMILES string of the molecule is CC[C@@H](NC(=O)COC(=O)c1ccccc1Cc1ccccc1)c1ccc(C)cc1. The lowest BCUT2D eigenvalue weighted by atomic mass is 10.00. The Labute approximate surface area is 177 Å². The molecule has 0 radical (unpaired) electrons. The lowest BCUT2D eigenvalue weighted by Crippen LogP contribution is -2.32. The Bertz CT molecular complexity index is 981. The van der Waals surface area contributed by atoms with Gasteiger partial charge in [-0.2, -0.15) is 0 Å². The van der Waals surface area contributed by atoms with Crippen LogP contribution in [0.25, 0.3) is 0 Å². The summed E-state index contributed by atoms with van der Waals surface area (Å²) >= 11 is 0. The van der Waals surface area contributed by atoms with Crippen molar-refractivity contribution < 1.29 is 14.3 Å². The van der Waals surface area contributed by atoms with E-state index >= 15 is 0 Å². The van der Waals surface area contributed by atoms with Crippen molar-refractivity contribution in [3.63, 3.8) is 0 Å². The summed E-state index contributed by atoms with van der Waals surface area (Å²) in [6.07, 6.45) is 1.38. The summed E-state index contributed by atoms with van der Waals surface area (Å²) in [7, 11) is 0. The topological polar surface area (TPSA) is 55.4 Å². The van der Waals surface area contributed by atoms with E-state index in [-0.39, 0.29) is 18.6 Å². The zero-order chi connectivity index (χ0) is 21.3. The molecule has 0 bridgehead atoms. The number of carbonyl (C=O) groups is 2. The molecule has 0 aromatic heterocycles. The monoisotopic (exact) mass is 401 g/mol. The van der Waals surface area contributed by atoms with E-state index in [1.165, 1.54) is 5.56 Å². The van der Waals surface area contributed by atoms with Crippen LogP contribution in [0.4, 0.5) is 0 Å². The normalized spacial score (nSPS) is 11.5. The van der Waals surface area contributed by atoms with Crippen molar-refractivity contribution in [1.29, 1.82) is 0 Å². The van der Waals surface area contributed by atoms with Gasteiger partial charge in [-0.3, -0.25) is 4.79 Å². The van der Waals surface area contributed by atoms with Gasteiger partial charge in [0.2, 0.25) is 0 Å². The van der Waals surface area contributed by atoms with Gasteiger partial charge in [0, 0.05) is 0 Å². The molecule has 1 atom stereocenters. The predicted octanol–water partition coefficient (Wildman–Crippen LogP) is 5.01. The number of esters is 1. The molecule has 3 rings (SSSR count). The van der Waals surface area contributed by atoms with E-state index in [0.717, 1.165) is 23.1 Å². The molecule has 0 heterocycles. The highest BCUT2D eigenvalue weighted by Crippen LogP contribution is 2.18. The van der Waals surface area contributed by atoms with E-state index in [1.54, 1.807) is 12.1 Å². The average molecular weight is 402 g/mol. The maximum atomic E-state index is 12.6. The van der Waals surface area contributed by atoms with Crippen molar-refractivity contribution in [2.45, 2.75) is 32.7 Å². The fourth-order valence-corrected chi connectivity index (χ4v) is 3.35. The molecule has 0 fully saturated rings. The van der Waals surface area contributed by atoms with Gasteiger partial charge in [0.1, 0.15) is 0 Å². The van der Waals surface area contributed by atoms with Crippen molar-refractivity contribution in [2.24, 2.45) is 0 Å². The first kappa shape index (κ1) is 21.3. The molecule has 1 N–H and O–H groups in total. The van der Waals surface area contributed by atoms with Gasteiger partial charge in [0.25, 0.3) is 5.91 Å². The first-order chi connectivity index (χ1) is 14.6. The third-order valence-electron chi connectivity index (χ3n) is 5.03. The summed E-state index contributed by atoms with van der Waals surface area (Å²) in [6.45, 7) is 3.73. The maximum absolute atomic E-state index is 12.6. The predicted molar refractivity (Wildman–Crippen MR) is 118 cm³/mol. The van der Waals surface area contributed by atoms with Gasteiger partial charge in [-0.25, -0.2) is 4.79 Å². The van der Waals surface area contributed by atoms with Crippen LogP contribution < -0.4 is 5.32 Å². The van der Waals surface area contributed by atoms with Crippen LogP contribution in [0.3, 0.4) is 0 Å². The first-order valence-electron chi connectivity index (χ1n) is 10.2. The summed E-state index contributed by atoms with van der Waals surface area (Å²) in [5, 5.41) is 2.95. The Morgan fingerprint density at radius 2 is 1.57 bits per heavy atom. The molecule has 0 aliphatic heterocycles. The smallest absolute Gasteiger partial charge is 0.338 e. The van der Waals surface area contributed by atoms with Gasteiger partial charge >= 0.3 is 5.97 Å². The second-order valence-electron chi connectivity index (χ2n) is 7.33. The standard InChI is InChI=1S/C26H27NO3/c1-3-24(21-15-13-19(2)14-16-21)27-25(28)18-30-26(29)23-12-8-7-11-22(23)17-20-9-5-4-6-10-20/h4-16,24H,3,17-18H2,1-2H3,(H,27,28)/t24-/m1/s1. The number of rotatable bonds is 8. The lowest BCUT2D eigenvalue weighted by Gasteiger charge is -2.18. The van der Waals surface area contributed by atoms with E-state index in [2.05, 4.69) is 5.32 Å². The molecule has 4 nitrogen and oxygen atoms in total. The van der Waals surface area contributed by atoms with Gasteiger partial charge < -0.3 is 10.1 Å². The Balaban J connectivity index is 1.60. The number of aryl methyl sites for hydroxylation is 1. The Morgan fingerprint density at radius 3 is 2.27 bits per heavy atom. The van der Waals surface area contributed by atoms with E-state index in [0.29, 0.717) is 12.0 Å². The van der Waals surface area contributed by atoms with E-state index < -0.39 is 5.97 Å². The van der Waals surface area contributed by atoms with Crippen molar-refractivity contribution in [3.05, 3.63) is 107 Å². The summed E-state index contributed by atoms with van der Waals surface area (Å²) in [5.41, 5.74) is 4.68. The minimum Gasteiger partial charge on any atom is -0.452 e. The minimum atomic E-state index is -0.486. The van der Waals surface area contributed by atoms with Crippen molar-refractivity contribution in [3.8, 4) is 0 Å². The molecule has 154 valence electrons. The van der Waals surface area contributed by atoms with E-state index in [4.69, 9.17) is 4.74 Å². The van der Waals surface area contributed by atoms with Crippen molar-refractivity contribution >= 4 is 11.9 Å². The lowest BCUT2D eigenvalue weighted by molar-refractivity contribution is -0.125. The van der Waals surface area contributed by atoms with Crippen LogP contribution in [0.1, 0.15) is 52.0 Å². The van der Waals surface area contributed by atoms with Crippen LogP contribution in [0.2, 0.25) is 0 Å². The van der Waals surface area contributed by atoms with Crippen LogP contribution in [0, 0.1) is 6.92 Å². The molecular weight excluding hydrogens is 374 g/mol. The van der Waals surface area contributed by atoms with Gasteiger partial charge in [-0.05, 0) is 42.5 Å². The van der Waals surface area contributed by atoms with E-state index in [9.17, 15) is 9.59 Å². The van der Waals surface area contributed by atoms with E-state index in [1.807, 2.05) is 80.6 Å². The quantitative estimate of drug-likeness (QED) is 0.540. The zero-order valence-electron chi connectivity index (χ0n) is 17.4. The largest absolute Gasteiger partial charge is 0.452 e. The number of nitrogens with one attached hydrogen (secondary N) is 1. The Morgan fingerprint density at radius 1 is 0.900 bits per heavy atom. The molecule has 30 heavy (non-hydrogen) atoms. The molecule has 0 aliphatic carbocycles. The molecule has 0 saturated carbocycles. The van der Waals surface area contributed by atoms with Crippen LogP contribution in [0.15, 0.2) is 78.9 Å². The van der Waals surface area contributed by atoms with Crippen LogP contribution >= 0.6 is 0 Å². The second-order valence-corrected chi connectivity index (χ2v) is 7.33. The highest BCUT2D eigenvalue weighted by Gasteiger charge is 2.17. The summed E-state index contributed by atoms with van der Waals surface area (Å²) in [6, 6.07) is 25.2. The van der Waals surface area contributed by atoms with Gasteiger partial charge in [-0.15, -0.1) is 0 Å². The fourth-order valence-electron chi connectivity index (χ4n) is 3.35. The first-order valence-corrected chi connectivity index (χ1v) is 10.2. The molecule has 0 unspecified atom stereocenters. The number of hydrogen-bond acceptors (Lipinski definition) is 3. The van der Waals surface area contributed by atoms with Gasteiger partial charge in [-0.1, -0.05) is 85.3 Å². The molecule has 4 heteroatoms. The number of carbonyl (C=O) groups excluding carboxylic acids is 2. The maximum Gasteiger partial charge on any atom is 0.338 e. The molecule has 0 spiro atoms. The summed E-state index contributed by atoms with van der Waals surface area (Å²) in [4.78, 5) is 25.0. The molecule has 0 aliphatic rings. The molecule has 3 aromatic rings. The average Bonchev–Trinajstić information content (AvgIpc) is 2.77. The highest BCUT2D eigenvalue weighted by atomic mass is 16.5. The molecular formula is C26H27NO3. The summed E-state index contributed by atoms with van der Waals surface area (Å²) in [5.74, 6) is -0.795. The van der Waals surface area contributed by atoms with Crippen LogP contribution in [0.5, 0.6) is 0 Å². The minimum absolute atomic E-state index is 0.109. The molecule has 0 saturated heterocycles. The second kappa shape index (κ2) is 10.4. The van der Waals surface area contributed by atoms with Crippen molar-refractivity contribution in [1.82, 2.24) is 5.32 Å². The number of amides is 1. The van der Waals surface area contributed by atoms with Crippen molar-refractivity contribution in [2.75, 3.05) is 6.61 Å². The van der Waals surface area contributed by atoms with Gasteiger partial charge in [0.15, 0.2) is 6.61 Å². The zero-order valence-corrected chi connectivity index (χ0v) is 17.4. The Hall–Kier alpha value is -3.40. The number of ether oxygens (including phenoxy) is 1. The third kappa shape index (κ3) is 5.80. The fraction of sp³-hybridized carbons (Fsp3) is 0.231. The molecule has 3 aromatic carbocycles. The third-order valence-corrected chi connectivity index (χ3v) is 5.03. The molecule has 1 amide bonds. The number of benzene rings is 3. The van der Waals surface area contributed by atoms with Gasteiger partial charge in [0.05, 0.1) is 11.6 Å². The highest BCUT2D eigenvalue weighted by molar-refractivity contribution is 5.92. The number of hydrogen-bond donors (Lipinski definition) is 1. The Kier molecular flexibility index (Phi) is 7.39. The van der Waals surface area contributed by atoms with Crippen LogP contribution in [-0.4, -0.2) is 18.5 Å².